The second-order valence-corrected chi connectivity index (χ2v) is 6.20. The molecule has 144 valence electrons. The quantitative estimate of drug-likeness (QED) is 0.709. The highest BCUT2D eigenvalue weighted by Crippen LogP contribution is 2.46. The van der Waals surface area contributed by atoms with Gasteiger partial charge in [-0.3, -0.25) is 14.5 Å². The average molecular weight is 411 g/mol. The lowest BCUT2D eigenvalue weighted by atomic mass is 10.1. The number of fused-ring (bicyclic) bond motifs is 1. The molecular weight excluding hydrogens is 401 g/mol. The molecule has 1 aliphatic heterocycles. The third kappa shape index (κ3) is 3.22. The van der Waals surface area contributed by atoms with Crippen LogP contribution in [0.5, 0.6) is 11.5 Å². The number of hydrogen-bond acceptors (Lipinski definition) is 5. The molecular formula is C17H10ClF3N4O3. The van der Waals surface area contributed by atoms with Crippen molar-refractivity contribution in [2.75, 3.05) is 5.32 Å². The first-order valence-corrected chi connectivity index (χ1v) is 8.16. The van der Waals surface area contributed by atoms with E-state index >= 15 is 0 Å². The van der Waals surface area contributed by atoms with Gasteiger partial charge in [-0.2, -0.15) is 5.10 Å². The molecule has 7 nitrogen and oxygen atoms in total. The number of pyridine rings is 1. The second-order valence-electron chi connectivity index (χ2n) is 5.79. The molecule has 1 N–H and O–H groups in total. The molecule has 1 aliphatic rings. The average Bonchev–Trinajstić information content (AvgIpc) is 3.14. The Morgan fingerprint density at radius 3 is 2.68 bits per heavy atom. The molecule has 28 heavy (non-hydrogen) atoms. The SMILES string of the molecule is Cn1nc(C(=O)Nc2ccncc2F)cc1-c1cc2c(cc1Cl)OC(F)(F)O2. The van der Waals surface area contributed by atoms with Crippen LogP contribution in [0.1, 0.15) is 10.5 Å². The number of aromatic nitrogens is 3. The van der Waals surface area contributed by atoms with Crippen LogP contribution in [0.2, 0.25) is 5.02 Å². The van der Waals surface area contributed by atoms with Gasteiger partial charge in [0.2, 0.25) is 0 Å². The normalized spacial score (nSPS) is 14.2. The highest BCUT2D eigenvalue weighted by Gasteiger charge is 2.44. The third-order valence-electron chi connectivity index (χ3n) is 3.90. The van der Waals surface area contributed by atoms with Crippen LogP contribution in [-0.2, 0) is 7.05 Å². The molecule has 11 heteroatoms. The van der Waals surface area contributed by atoms with Gasteiger partial charge in [0.25, 0.3) is 5.91 Å². The van der Waals surface area contributed by atoms with E-state index in [2.05, 4.69) is 24.9 Å². The van der Waals surface area contributed by atoms with Crippen LogP contribution in [0.15, 0.2) is 36.7 Å². The molecule has 0 saturated carbocycles. The van der Waals surface area contributed by atoms with E-state index in [4.69, 9.17) is 11.6 Å². The highest BCUT2D eigenvalue weighted by molar-refractivity contribution is 6.33. The fourth-order valence-corrected chi connectivity index (χ4v) is 2.91. The fourth-order valence-electron chi connectivity index (χ4n) is 2.66. The van der Waals surface area contributed by atoms with Gasteiger partial charge in [0, 0.05) is 24.9 Å². The summed E-state index contributed by atoms with van der Waals surface area (Å²) in [4.78, 5) is 16.0. The van der Waals surface area contributed by atoms with Gasteiger partial charge < -0.3 is 14.8 Å². The van der Waals surface area contributed by atoms with E-state index in [1.54, 1.807) is 0 Å². The first kappa shape index (κ1) is 18.1. The van der Waals surface area contributed by atoms with E-state index in [1.165, 1.54) is 42.2 Å². The largest absolute Gasteiger partial charge is 0.586 e. The molecule has 4 rings (SSSR count). The number of halogens is 4. The molecule has 0 bridgehead atoms. The number of anilines is 1. The Morgan fingerprint density at radius 2 is 1.96 bits per heavy atom. The minimum Gasteiger partial charge on any atom is -0.395 e. The van der Waals surface area contributed by atoms with Crippen molar-refractivity contribution in [1.29, 1.82) is 0 Å². The lowest BCUT2D eigenvalue weighted by Crippen LogP contribution is -2.25. The van der Waals surface area contributed by atoms with Gasteiger partial charge in [0.1, 0.15) is 0 Å². The zero-order valence-corrected chi connectivity index (χ0v) is 14.8. The first-order chi connectivity index (χ1) is 13.2. The second kappa shape index (κ2) is 6.41. The van der Waals surface area contributed by atoms with Gasteiger partial charge in [-0.25, -0.2) is 4.39 Å². The van der Waals surface area contributed by atoms with E-state index in [0.29, 0.717) is 11.3 Å². The van der Waals surface area contributed by atoms with Gasteiger partial charge >= 0.3 is 6.29 Å². The molecule has 0 unspecified atom stereocenters. The zero-order chi connectivity index (χ0) is 20.1. The zero-order valence-electron chi connectivity index (χ0n) is 14.0. The van der Waals surface area contributed by atoms with Crippen LogP contribution >= 0.6 is 11.6 Å². The van der Waals surface area contributed by atoms with Gasteiger partial charge in [-0.1, -0.05) is 11.6 Å². The van der Waals surface area contributed by atoms with Gasteiger partial charge in [-0.05, 0) is 18.2 Å². The molecule has 0 spiro atoms. The summed E-state index contributed by atoms with van der Waals surface area (Å²) in [6, 6.07) is 5.13. The summed E-state index contributed by atoms with van der Waals surface area (Å²) in [6.45, 7) is 0. The summed E-state index contributed by atoms with van der Waals surface area (Å²) in [5.41, 5.74) is 0.557. The molecule has 0 atom stereocenters. The standard InChI is InChI=1S/C17H10ClF3N4O3/c1-25-13(8-4-14-15(5-9(8)18)28-17(20,21)27-14)6-12(24-25)16(26)23-11-2-3-22-7-10(11)19/h2-7H,1H3,(H,22,23,26). The maximum Gasteiger partial charge on any atom is 0.586 e. The summed E-state index contributed by atoms with van der Waals surface area (Å²) in [7, 11) is 1.54. The van der Waals surface area contributed by atoms with E-state index < -0.39 is 18.0 Å². The number of benzene rings is 1. The number of alkyl halides is 2. The predicted octanol–water partition coefficient (Wildman–Crippen LogP) is 3.85. The molecule has 0 fully saturated rings. The summed E-state index contributed by atoms with van der Waals surface area (Å²) in [6.07, 6.45) is -1.50. The van der Waals surface area contributed by atoms with Crippen LogP contribution in [0.3, 0.4) is 0 Å². The minimum absolute atomic E-state index is 0.0345. The van der Waals surface area contributed by atoms with Crippen LogP contribution in [0.4, 0.5) is 18.9 Å². The van der Waals surface area contributed by atoms with Crippen molar-refractivity contribution in [1.82, 2.24) is 14.8 Å². The van der Waals surface area contributed by atoms with Gasteiger partial charge in [0.05, 0.1) is 22.6 Å². The van der Waals surface area contributed by atoms with Gasteiger partial charge in [0.15, 0.2) is 23.0 Å². The van der Waals surface area contributed by atoms with Crippen molar-refractivity contribution in [3.05, 3.63) is 53.2 Å². The summed E-state index contributed by atoms with van der Waals surface area (Å²) in [5.74, 6) is -1.77. The fraction of sp³-hybridized carbons (Fsp3) is 0.118. The highest BCUT2D eigenvalue weighted by atomic mass is 35.5. The van der Waals surface area contributed by atoms with Crippen molar-refractivity contribution < 1.29 is 27.4 Å². The van der Waals surface area contributed by atoms with E-state index in [-0.39, 0.29) is 27.9 Å². The van der Waals surface area contributed by atoms with Crippen LogP contribution in [0, 0.1) is 5.82 Å². The van der Waals surface area contributed by atoms with E-state index in [0.717, 1.165) is 6.20 Å². The molecule has 0 radical (unpaired) electrons. The Balaban J connectivity index is 1.66. The Morgan fingerprint density at radius 1 is 1.25 bits per heavy atom. The van der Waals surface area contributed by atoms with Crippen LogP contribution in [-0.4, -0.2) is 27.0 Å². The Kier molecular flexibility index (Phi) is 4.15. The molecule has 1 amide bonds. The topological polar surface area (TPSA) is 78.3 Å². The lowest BCUT2D eigenvalue weighted by molar-refractivity contribution is -0.286. The Hall–Kier alpha value is -3.27. The lowest BCUT2D eigenvalue weighted by Gasteiger charge is -2.05. The van der Waals surface area contributed by atoms with Crippen molar-refractivity contribution in [3.8, 4) is 22.8 Å². The van der Waals surface area contributed by atoms with Gasteiger partial charge in [-0.15, -0.1) is 8.78 Å². The molecule has 0 saturated heterocycles. The number of rotatable bonds is 3. The monoisotopic (exact) mass is 410 g/mol. The number of ether oxygens (including phenoxy) is 2. The predicted molar refractivity (Wildman–Crippen MR) is 92.0 cm³/mol. The summed E-state index contributed by atoms with van der Waals surface area (Å²) >= 11 is 6.17. The summed E-state index contributed by atoms with van der Waals surface area (Å²) in [5, 5.41) is 6.54. The minimum atomic E-state index is -3.78. The van der Waals surface area contributed by atoms with Crippen molar-refractivity contribution in [3.63, 3.8) is 0 Å². The number of aryl methyl sites for hydroxylation is 1. The molecule has 0 aliphatic carbocycles. The number of hydrogen-bond donors (Lipinski definition) is 1. The number of amides is 1. The molecule has 3 heterocycles. The Bertz CT molecular complexity index is 1100. The maximum absolute atomic E-state index is 13.7. The first-order valence-electron chi connectivity index (χ1n) is 7.78. The smallest absolute Gasteiger partial charge is 0.395 e. The van der Waals surface area contributed by atoms with Crippen LogP contribution < -0.4 is 14.8 Å². The Labute approximate surface area is 160 Å². The number of nitrogens with zero attached hydrogens (tertiary/aromatic N) is 3. The van der Waals surface area contributed by atoms with Crippen molar-refractivity contribution >= 4 is 23.2 Å². The van der Waals surface area contributed by atoms with E-state index in [1.807, 2.05) is 0 Å². The van der Waals surface area contributed by atoms with Crippen molar-refractivity contribution in [2.24, 2.45) is 7.05 Å². The van der Waals surface area contributed by atoms with Crippen molar-refractivity contribution in [2.45, 2.75) is 6.29 Å². The van der Waals surface area contributed by atoms with E-state index in [9.17, 15) is 18.0 Å². The molecule has 2 aromatic heterocycles. The number of carbonyl (C=O) groups excluding carboxylic acids is 1. The maximum atomic E-state index is 13.7. The molecule has 3 aromatic rings. The number of carbonyl (C=O) groups is 1. The van der Waals surface area contributed by atoms with Crippen LogP contribution in [0.25, 0.3) is 11.3 Å². The molecule has 1 aromatic carbocycles. The summed E-state index contributed by atoms with van der Waals surface area (Å²) < 4.78 is 50.2. The number of nitrogens with one attached hydrogen (secondary N) is 1. The third-order valence-corrected chi connectivity index (χ3v) is 4.21.